The Labute approximate surface area is 119 Å². The molecule has 0 N–H and O–H groups in total. The molecule has 0 spiro atoms. The maximum Gasteiger partial charge on any atom is 0.272 e. The first kappa shape index (κ1) is 13.4. The lowest BCUT2D eigenvalue weighted by Crippen LogP contribution is -2.41. The zero-order chi connectivity index (χ0) is 13.8. The van der Waals surface area contributed by atoms with Gasteiger partial charge < -0.3 is 14.5 Å². The molecule has 1 aromatic heterocycles. The smallest absolute Gasteiger partial charge is 0.272 e. The molecule has 5 nitrogen and oxygen atoms in total. The van der Waals surface area contributed by atoms with Crippen molar-refractivity contribution >= 4 is 11.6 Å². The normalized spacial score (nSPS) is 20.0. The second kappa shape index (κ2) is 6.22. The van der Waals surface area contributed by atoms with Gasteiger partial charge in [0.2, 0.25) is 0 Å². The summed E-state index contributed by atoms with van der Waals surface area (Å²) in [6, 6.07) is 3.94. The van der Waals surface area contributed by atoms with E-state index in [1.807, 2.05) is 17.0 Å². The zero-order valence-electron chi connectivity index (χ0n) is 11.8. The van der Waals surface area contributed by atoms with Crippen molar-refractivity contribution < 1.29 is 9.53 Å². The van der Waals surface area contributed by atoms with E-state index in [0.29, 0.717) is 32.0 Å². The van der Waals surface area contributed by atoms with Gasteiger partial charge in [-0.1, -0.05) is 0 Å². The topological polar surface area (TPSA) is 45.7 Å². The summed E-state index contributed by atoms with van der Waals surface area (Å²) in [4.78, 5) is 20.8. The summed E-state index contributed by atoms with van der Waals surface area (Å²) in [7, 11) is 0. The number of anilines is 1. The fourth-order valence-electron chi connectivity index (χ4n) is 2.81. The van der Waals surface area contributed by atoms with Gasteiger partial charge >= 0.3 is 0 Å². The van der Waals surface area contributed by atoms with Crippen LogP contribution in [0.3, 0.4) is 0 Å². The Balaban J connectivity index is 1.74. The van der Waals surface area contributed by atoms with Crippen molar-refractivity contribution in [1.29, 1.82) is 0 Å². The van der Waals surface area contributed by atoms with Gasteiger partial charge in [-0.2, -0.15) is 0 Å². The summed E-state index contributed by atoms with van der Waals surface area (Å²) in [5.74, 6) is 0.0205. The van der Waals surface area contributed by atoms with E-state index in [0.717, 1.165) is 18.8 Å². The zero-order valence-corrected chi connectivity index (χ0v) is 11.8. The van der Waals surface area contributed by atoms with Crippen LogP contribution in [0.2, 0.25) is 0 Å². The number of rotatable bonds is 2. The van der Waals surface area contributed by atoms with Gasteiger partial charge in [-0.25, -0.2) is 0 Å². The molecule has 0 radical (unpaired) electrons. The molecule has 20 heavy (non-hydrogen) atoms. The number of nitrogens with zero attached hydrogens (tertiary/aromatic N) is 3. The van der Waals surface area contributed by atoms with Crippen LogP contribution in [0.15, 0.2) is 18.3 Å². The van der Waals surface area contributed by atoms with Crippen molar-refractivity contribution in [2.75, 3.05) is 44.3 Å². The second-order valence-corrected chi connectivity index (χ2v) is 5.35. The van der Waals surface area contributed by atoms with Crippen LogP contribution in [0.4, 0.5) is 5.69 Å². The molecular formula is C15H21N3O2. The molecule has 0 atom stereocenters. The lowest BCUT2D eigenvalue weighted by molar-refractivity contribution is 0.0299. The minimum Gasteiger partial charge on any atom is -0.378 e. The van der Waals surface area contributed by atoms with Crippen molar-refractivity contribution in [1.82, 2.24) is 9.88 Å². The third kappa shape index (κ3) is 2.93. The van der Waals surface area contributed by atoms with E-state index in [1.54, 1.807) is 6.20 Å². The van der Waals surface area contributed by atoms with E-state index in [9.17, 15) is 4.79 Å². The Morgan fingerprint density at radius 2 is 1.85 bits per heavy atom. The van der Waals surface area contributed by atoms with E-state index in [4.69, 9.17) is 4.74 Å². The molecule has 3 rings (SSSR count). The van der Waals surface area contributed by atoms with Crippen LogP contribution in [0.25, 0.3) is 0 Å². The first-order chi connectivity index (χ1) is 9.84. The number of carbonyl (C=O) groups is 1. The van der Waals surface area contributed by atoms with Gasteiger partial charge in [-0.15, -0.1) is 0 Å². The summed E-state index contributed by atoms with van der Waals surface area (Å²) in [5.41, 5.74) is 1.67. The lowest BCUT2D eigenvalue weighted by atomic mass is 10.1. The minimum absolute atomic E-state index is 0.0205. The molecule has 0 aromatic carbocycles. The number of hydrogen-bond donors (Lipinski definition) is 0. The number of ether oxygens (including phenoxy) is 1. The number of morpholine rings is 1. The quantitative estimate of drug-likeness (QED) is 0.821. The number of amides is 1. The van der Waals surface area contributed by atoms with Crippen LogP contribution < -0.4 is 4.90 Å². The van der Waals surface area contributed by atoms with Crippen LogP contribution in [0, 0.1) is 0 Å². The van der Waals surface area contributed by atoms with Crippen LogP contribution in [0.1, 0.15) is 29.8 Å². The van der Waals surface area contributed by atoms with Crippen molar-refractivity contribution in [3.8, 4) is 0 Å². The molecule has 0 unspecified atom stereocenters. The third-order valence-corrected chi connectivity index (χ3v) is 3.98. The molecule has 5 heteroatoms. The SMILES string of the molecule is O=C(c1cc(N2CCCCC2)ccn1)N1CCOCC1. The highest BCUT2D eigenvalue weighted by molar-refractivity contribution is 5.93. The van der Waals surface area contributed by atoms with Gasteiger partial charge in [0.1, 0.15) is 5.69 Å². The number of aromatic nitrogens is 1. The first-order valence-electron chi connectivity index (χ1n) is 7.42. The minimum atomic E-state index is 0.0205. The Bertz CT molecular complexity index is 466. The van der Waals surface area contributed by atoms with Crippen LogP contribution in [-0.2, 0) is 4.74 Å². The van der Waals surface area contributed by atoms with Gasteiger partial charge in [0.05, 0.1) is 13.2 Å². The number of carbonyl (C=O) groups excluding carboxylic acids is 1. The summed E-state index contributed by atoms with van der Waals surface area (Å²) in [5, 5.41) is 0. The Hall–Kier alpha value is -1.62. The summed E-state index contributed by atoms with van der Waals surface area (Å²) >= 11 is 0. The van der Waals surface area contributed by atoms with E-state index in [2.05, 4.69) is 9.88 Å². The molecule has 2 aliphatic rings. The molecule has 0 aliphatic carbocycles. The number of hydrogen-bond acceptors (Lipinski definition) is 4. The van der Waals surface area contributed by atoms with E-state index in [-0.39, 0.29) is 5.91 Å². The first-order valence-corrected chi connectivity index (χ1v) is 7.42. The molecule has 0 bridgehead atoms. The fraction of sp³-hybridized carbons (Fsp3) is 0.600. The van der Waals surface area contributed by atoms with Crippen LogP contribution in [0.5, 0.6) is 0 Å². The number of pyridine rings is 1. The monoisotopic (exact) mass is 275 g/mol. The highest BCUT2D eigenvalue weighted by Crippen LogP contribution is 2.20. The predicted octanol–water partition coefficient (Wildman–Crippen LogP) is 1.54. The van der Waals surface area contributed by atoms with Crippen LogP contribution in [-0.4, -0.2) is 55.2 Å². The lowest BCUT2D eigenvalue weighted by Gasteiger charge is -2.29. The molecule has 2 aliphatic heterocycles. The maximum absolute atomic E-state index is 12.4. The Kier molecular flexibility index (Phi) is 4.16. The Morgan fingerprint density at radius 1 is 1.10 bits per heavy atom. The summed E-state index contributed by atoms with van der Waals surface area (Å²) in [6.07, 6.45) is 5.52. The average Bonchev–Trinajstić information content (AvgIpc) is 2.56. The van der Waals surface area contributed by atoms with E-state index in [1.165, 1.54) is 19.3 Å². The van der Waals surface area contributed by atoms with Crippen LogP contribution >= 0.6 is 0 Å². The van der Waals surface area contributed by atoms with Crippen molar-refractivity contribution in [2.24, 2.45) is 0 Å². The Morgan fingerprint density at radius 3 is 2.60 bits per heavy atom. The third-order valence-electron chi connectivity index (χ3n) is 3.98. The van der Waals surface area contributed by atoms with Gasteiger partial charge in [0, 0.05) is 38.1 Å². The van der Waals surface area contributed by atoms with Gasteiger partial charge in [0.25, 0.3) is 5.91 Å². The number of piperidine rings is 1. The molecule has 2 fully saturated rings. The van der Waals surface area contributed by atoms with Crippen molar-refractivity contribution in [3.05, 3.63) is 24.0 Å². The predicted molar refractivity (Wildman–Crippen MR) is 77.0 cm³/mol. The van der Waals surface area contributed by atoms with E-state index >= 15 is 0 Å². The van der Waals surface area contributed by atoms with Gasteiger partial charge in [-0.05, 0) is 31.4 Å². The van der Waals surface area contributed by atoms with E-state index < -0.39 is 0 Å². The van der Waals surface area contributed by atoms with Crippen molar-refractivity contribution in [3.63, 3.8) is 0 Å². The average molecular weight is 275 g/mol. The molecule has 0 saturated carbocycles. The molecule has 3 heterocycles. The molecule has 1 aromatic rings. The molecule has 1 amide bonds. The second-order valence-electron chi connectivity index (χ2n) is 5.35. The van der Waals surface area contributed by atoms with Gasteiger partial charge in [0.15, 0.2) is 0 Å². The highest BCUT2D eigenvalue weighted by atomic mass is 16.5. The molecular weight excluding hydrogens is 254 g/mol. The largest absolute Gasteiger partial charge is 0.378 e. The standard InChI is InChI=1S/C15H21N3O2/c19-15(18-8-10-20-11-9-18)14-12-13(4-5-16-14)17-6-2-1-3-7-17/h4-5,12H,1-3,6-11H2. The highest BCUT2D eigenvalue weighted by Gasteiger charge is 2.20. The molecule has 2 saturated heterocycles. The fourth-order valence-corrected chi connectivity index (χ4v) is 2.81. The summed E-state index contributed by atoms with van der Waals surface area (Å²) in [6.45, 7) is 4.72. The maximum atomic E-state index is 12.4. The summed E-state index contributed by atoms with van der Waals surface area (Å²) < 4.78 is 5.28. The van der Waals surface area contributed by atoms with Crippen molar-refractivity contribution in [2.45, 2.75) is 19.3 Å². The van der Waals surface area contributed by atoms with Gasteiger partial charge in [-0.3, -0.25) is 9.78 Å². The molecule has 108 valence electrons.